The van der Waals surface area contributed by atoms with Gasteiger partial charge in [0, 0.05) is 0 Å². The fourth-order valence-electron chi connectivity index (χ4n) is 2.45. The minimum Gasteiger partial charge on any atom is -0.465 e. The Morgan fingerprint density at radius 3 is 2.57 bits per heavy atom. The van der Waals surface area contributed by atoms with E-state index in [-0.39, 0.29) is 5.57 Å². The number of barbiturate groups is 1. The smallest absolute Gasteiger partial charge is 0.335 e. The van der Waals surface area contributed by atoms with E-state index in [9.17, 15) is 14.4 Å². The van der Waals surface area contributed by atoms with Gasteiger partial charge in [0.05, 0.1) is 12.0 Å². The number of hydrogen-bond acceptors (Lipinski definition) is 4. The minimum absolute atomic E-state index is 0.153. The second-order valence-electron chi connectivity index (χ2n) is 5.26. The van der Waals surface area contributed by atoms with Crippen LogP contribution in [0.4, 0.5) is 10.5 Å². The van der Waals surface area contributed by atoms with Gasteiger partial charge in [-0.15, -0.1) is 0 Å². The van der Waals surface area contributed by atoms with Gasteiger partial charge in [0.25, 0.3) is 11.8 Å². The Labute approximate surface area is 132 Å². The number of furan rings is 1. The number of rotatable bonds is 2. The molecule has 4 amide bonds. The third-order valence-corrected chi connectivity index (χ3v) is 3.52. The molecule has 1 aliphatic rings. The number of aryl methyl sites for hydroxylation is 2. The van der Waals surface area contributed by atoms with Crippen LogP contribution >= 0.6 is 0 Å². The maximum atomic E-state index is 12.6. The topological polar surface area (TPSA) is 79.6 Å². The Balaban J connectivity index is 2.05. The van der Waals surface area contributed by atoms with Gasteiger partial charge in [-0.05, 0) is 43.7 Å². The third-order valence-electron chi connectivity index (χ3n) is 3.52. The van der Waals surface area contributed by atoms with Crippen LogP contribution < -0.4 is 10.2 Å². The van der Waals surface area contributed by atoms with Crippen LogP contribution in [0.25, 0.3) is 6.08 Å². The SMILES string of the molecule is Cc1ccc(N2C(=O)NC(=O)/C(=C\c3ccco3)C2=O)c(C)c1. The molecule has 0 atom stereocenters. The maximum absolute atomic E-state index is 12.6. The first-order valence-electron chi connectivity index (χ1n) is 6.99. The van der Waals surface area contributed by atoms with E-state index >= 15 is 0 Å². The highest BCUT2D eigenvalue weighted by molar-refractivity contribution is 6.39. The predicted octanol–water partition coefficient (Wildman–Crippen LogP) is 2.56. The fraction of sp³-hybridized carbons (Fsp3) is 0.118. The number of hydrogen-bond donors (Lipinski definition) is 1. The lowest BCUT2D eigenvalue weighted by Gasteiger charge is -2.27. The number of imide groups is 2. The van der Waals surface area contributed by atoms with Crippen LogP contribution in [0.3, 0.4) is 0 Å². The highest BCUT2D eigenvalue weighted by Gasteiger charge is 2.37. The highest BCUT2D eigenvalue weighted by atomic mass is 16.3. The molecule has 6 heteroatoms. The zero-order chi connectivity index (χ0) is 16.6. The van der Waals surface area contributed by atoms with Crippen LogP contribution in [0.1, 0.15) is 16.9 Å². The van der Waals surface area contributed by atoms with E-state index in [4.69, 9.17) is 4.42 Å². The number of amides is 4. The average molecular weight is 310 g/mol. The molecule has 2 aromatic rings. The van der Waals surface area contributed by atoms with E-state index in [0.717, 1.165) is 16.0 Å². The Morgan fingerprint density at radius 1 is 1.13 bits per heavy atom. The second kappa shape index (κ2) is 5.57. The molecule has 1 fully saturated rings. The molecule has 6 nitrogen and oxygen atoms in total. The van der Waals surface area contributed by atoms with Gasteiger partial charge in [-0.1, -0.05) is 17.7 Å². The molecular formula is C17H14N2O4. The number of nitrogens with zero attached hydrogens (tertiary/aromatic N) is 1. The van der Waals surface area contributed by atoms with Gasteiger partial charge in [-0.2, -0.15) is 0 Å². The van der Waals surface area contributed by atoms with E-state index in [1.165, 1.54) is 12.3 Å². The Kier molecular flexibility index (Phi) is 3.57. The lowest BCUT2D eigenvalue weighted by Crippen LogP contribution is -2.54. The van der Waals surface area contributed by atoms with Gasteiger partial charge in [-0.3, -0.25) is 14.9 Å². The van der Waals surface area contributed by atoms with Crippen LogP contribution in [0, 0.1) is 13.8 Å². The molecule has 1 aromatic heterocycles. The van der Waals surface area contributed by atoms with Gasteiger partial charge in [0.2, 0.25) is 0 Å². The zero-order valence-corrected chi connectivity index (χ0v) is 12.6. The van der Waals surface area contributed by atoms with E-state index in [2.05, 4.69) is 5.32 Å². The van der Waals surface area contributed by atoms with Crippen LogP contribution in [-0.4, -0.2) is 17.8 Å². The van der Waals surface area contributed by atoms with Gasteiger partial charge >= 0.3 is 6.03 Å². The second-order valence-corrected chi connectivity index (χ2v) is 5.26. The predicted molar refractivity (Wildman–Crippen MR) is 83.6 cm³/mol. The number of carbonyl (C=O) groups is 3. The summed E-state index contributed by atoms with van der Waals surface area (Å²) < 4.78 is 5.13. The third kappa shape index (κ3) is 2.66. The standard InChI is InChI=1S/C17H14N2O4/c1-10-5-6-14(11(2)8-10)19-16(21)13(15(20)18-17(19)22)9-12-4-3-7-23-12/h3-9H,1-2H3,(H,18,20,22)/b13-9+. The van der Waals surface area contributed by atoms with Gasteiger partial charge in [0.15, 0.2) is 0 Å². The first kappa shape index (κ1) is 14.8. The van der Waals surface area contributed by atoms with E-state index in [1.807, 2.05) is 13.0 Å². The van der Waals surface area contributed by atoms with Crippen molar-refractivity contribution in [1.29, 1.82) is 0 Å². The number of benzene rings is 1. The minimum atomic E-state index is -0.761. The molecule has 0 radical (unpaired) electrons. The Hall–Kier alpha value is -3.15. The summed E-state index contributed by atoms with van der Waals surface area (Å²) in [6.07, 6.45) is 2.76. The monoisotopic (exact) mass is 310 g/mol. The molecule has 0 bridgehead atoms. The van der Waals surface area contributed by atoms with E-state index < -0.39 is 17.8 Å². The summed E-state index contributed by atoms with van der Waals surface area (Å²) in [5.41, 5.74) is 2.06. The molecule has 1 aromatic carbocycles. The van der Waals surface area contributed by atoms with Crippen LogP contribution in [-0.2, 0) is 9.59 Å². The number of anilines is 1. The van der Waals surface area contributed by atoms with Crippen molar-refractivity contribution in [3.63, 3.8) is 0 Å². The van der Waals surface area contributed by atoms with Crippen molar-refractivity contribution in [2.75, 3.05) is 4.90 Å². The molecule has 0 saturated carbocycles. The van der Waals surface area contributed by atoms with Gasteiger partial charge in [-0.25, -0.2) is 9.69 Å². The van der Waals surface area contributed by atoms with Crippen molar-refractivity contribution in [3.8, 4) is 0 Å². The lowest BCUT2D eigenvalue weighted by molar-refractivity contribution is -0.122. The highest BCUT2D eigenvalue weighted by Crippen LogP contribution is 2.25. The first-order chi connectivity index (χ1) is 11.0. The Bertz CT molecular complexity index is 834. The van der Waals surface area contributed by atoms with Crippen molar-refractivity contribution in [1.82, 2.24) is 5.32 Å². The van der Waals surface area contributed by atoms with E-state index in [1.54, 1.807) is 31.2 Å². The maximum Gasteiger partial charge on any atom is 0.335 e. The number of nitrogens with one attached hydrogen (secondary N) is 1. The van der Waals surface area contributed by atoms with Gasteiger partial charge < -0.3 is 4.42 Å². The molecule has 116 valence electrons. The lowest BCUT2D eigenvalue weighted by atomic mass is 10.1. The summed E-state index contributed by atoms with van der Waals surface area (Å²) >= 11 is 0. The van der Waals surface area contributed by atoms with Crippen molar-refractivity contribution < 1.29 is 18.8 Å². The fourth-order valence-corrected chi connectivity index (χ4v) is 2.45. The first-order valence-corrected chi connectivity index (χ1v) is 6.99. The molecule has 1 aliphatic heterocycles. The van der Waals surface area contributed by atoms with Gasteiger partial charge in [0.1, 0.15) is 11.3 Å². The quantitative estimate of drug-likeness (QED) is 0.683. The summed E-state index contributed by atoms with van der Waals surface area (Å²) in [6.45, 7) is 3.72. The molecule has 0 spiro atoms. The Morgan fingerprint density at radius 2 is 1.91 bits per heavy atom. The molecule has 0 unspecified atom stereocenters. The molecule has 23 heavy (non-hydrogen) atoms. The van der Waals surface area contributed by atoms with Crippen molar-refractivity contribution in [3.05, 3.63) is 59.1 Å². The summed E-state index contributed by atoms with van der Waals surface area (Å²) in [4.78, 5) is 37.7. The summed E-state index contributed by atoms with van der Waals surface area (Å²) in [5, 5.41) is 2.18. The van der Waals surface area contributed by atoms with E-state index in [0.29, 0.717) is 11.4 Å². The van der Waals surface area contributed by atoms with Crippen molar-refractivity contribution in [2.45, 2.75) is 13.8 Å². The van der Waals surface area contributed by atoms with Crippen LogP contribution in [0.5, 0.6) is 0 Å². The number of carbonyl (C=O) groups excluding carboxylic acids is 3. The summed E-state index contributed by atoms with van der Waals surface area (Å²) in [6, 6.07) is 7.85. The molecule has 1 saturated heterocycles. The zero-order valence-electron chi connectivity index (χ0n) is 12.6. The largest absolute Gasteiger partial charge is 0.465 e. The average Bonchev–Trinajstić information content (AvgIpc) is 2.98. The van der Waals surface area contributed by atoms with Crippen molar-refractivity contribution >= 4 is 29.6 Å². The number of urea groups is 1. The molecule has 1 N–H and O–H groups in total. The molecular weight excluding hydrogens is 296 g/mol. The molecule has 0 aliphatic carbocycles. The summed E-state index contributed by atoms with van der Waals surface area (Å²) in [7, 11) is 0. The molecule has 2 heterocycles. The van der Waals surface area contributed by atoms with Crippen LogP contribution in [0.15, 0.2) is 46.6 Å². The van der Waals surface area contributed by atoms with Crippen LogP contribution in [0.2, 0.25) is 0 Å². The van der Waals surface area contributed by atoms with Crippen molar-refractivity contribution in [2.24, 2.45) is 0 Å². The normalized spacial score (nSPS) is 16.9. The summed E-state index contributed by atoms with van der Waals surface area (Å²) in [5.74, 6) is -1.06. The molecule has 3 rings (SSSR count).